The lowest BCUT2D eigenvalue weighted by molar-refractivity contribution is -0.380. The fourth-order valence-corrected chi connectivity index (χ4v) is 5.01. The Kier molecular flexibility index (Phi) is 4.56. The largest absolute Gasteiger partial charge is 0.345 e. The molecule has 0 N–H and O–H groups in total. The number of thiophene rings is 1. The molecule has 27 heavy (non-hydrogen) atoms. The standard InChI is InChI=1S/C18H18N4O3S2/c1-11-3-4-13-16(12(11)2)19-18(27-13)21-9-7-20(8-10-21)17(23)14-5-6-15(26-14)22(24)25/h3-6H,7-10H2,1-2H3. The van der Waals surface area contributed by atoms with Crippen LogP contribution in [0.1, 0.15) is 20.8 Å². The van der Waals surface area contributed by atoms with Gasteiger partial charge in [-0.15, -0.1) is 0 Å². The van der Waals surface area contributed by atoms with Crippen LogP contribution in [-0.4, -0.2) is 46.9 Å². The van der Waals surface area contributed by atoms with Crippen LogP contribution in [0.4, 0.5) is 10.1 Å². The summed E-state index contributed by atoms with van der Waals surface area (Å²) in [6.45, 7) is 6.76. The van der Waals surface area contributed by atoms with Gasteiger partial charge in [0.25, 0.3) is 5.91 Å². The van der Waals surface area contributed by atoms with E-state index < -0.39 is 4.92 Å². The molecule has 0 saturated carbocycles. The molecule has 1 fully saturated rings. The van der Waals surface area contributed by atoms with Crippen LogP contribution < -0.4 is 4.90 Å². The van der Waals surface area contributed by atoms with Crippen molar-refractivity contribution in [3.05, 3.63) is 50.4 Å². The molecular weight excluding hydrogens is 384 g/mol. The summed E-state index contributed by atoms with van der Waals surface area (Å²) in [5.74, 6) is -0.136. The average Bonchev–Trinajstić information content (AvgIpc) is 3.32. The van der Waals surface area contributed by atoms with Gasteiger partial charge in [0, 0.05) is 32.2 Å². The summed E-state index contributed by atoms with van der Waals surface area (Å²) in [5.41, 5.74) is 3.50. The van der Waals surface area contributed by atoms with Crippen LogP contribution in [-0.2, 0) is 0 Å². The van der Waals surface area contributed by atoms with Crippen molar-refractivity contribution in [1.29, 1.82) is 0 Å². The van der Waals surface area contributed by atoms with E-state index in [1.54, 1.807) is 16.2 Å². The highest BCUT2D eigenvalue weighted by molar-refractivity contribution is 7.22. The van der Waals surface area contributed by atoms with Gasteiger partial charge in [-0.1, -0.05) is 28.7 Å². The third-order valence-electron chi connectivity index (χ3n) is 4.89. The molecule has 140 valence electrons. The van der Waals surface area contributed by atoms with Gasteiger partial charge >= 0.3 is 5.00 Å². The lowest BCUT2D eigenvalue weighted by Gasteiger charge is -2.34. The van der Waals surface area contributed by atoms with Crippen molar-refractivity contribution in [2.24, 2.45) is 0 Å². The van der Waals surface area contributed by atoms with Gasteiger partial charge in [-0.05, 0) is 37.1 Å². The lowest BCUT2D eigenvalue weighted by Crippen LogP contribution is -2.48. The molecule has 1 amide bonds. The van der Waals surface area contributed by atoms with Crippen LogP contribution in [0.3, 0.4) is 0 Å². The molecule has 1 saturated heterocycles. The normalized spacial score (nSPS) is 14.7. The van der Waals surface area contributed by atoms with Crippen molar-refractivity contribution >= 4 is 48.9 Å². The van der Waals surface area contributed by atoms with Crippen LogP contribution in [0.5, 0.6) is 0 Å². The molecule has 1 aliphatic heterocycles. The van der Waals surface area contributed by atoms with Gasteiger partial charge in [-0.3, -0.25) is 14.9 Å². The summed E-state index contributed by atoms with van der Waals surface area (Å²) in [6, 6.07) is 7.16. The molecule has 7 nitrogen and oxygen atoms in total. The van der Waals surface area contributed by atoms with E-state index in [1.807, 2.05) is 0 Å². The Balaban J connectivity index is 1.46. The molecule has 4 rings (SSSR count). The number of hydrogen-bond acceptors (Lipinski definition) is 7. The molecule has 0 aliphatic carbocycles. The first kappa shape index (κ1) is 17.9. The molecule has 3 aromatic rings. The molecule has 9 heteroatoms. The number of piperazine rings is 1. The van der Waals surface area contributed by atoms with Crippen LogP contribution in [0.2, 0.25) is 0 Å². The Morgan fingerprint density at radius 3 is 2.52 bits per heavy atom. The molecule has 1 aliphatic rings. The maximum absolute atomic E-state index is 12.6. The molecule has 0 atom stereocenters. The second-order valence-corrected chi connectivity index (χ2v) is 8.60. The topological polar surface area (TPSA) is 79.6 Å². The first-order chi connectivity index (χ1) is 12.9. The minimum Gasteiger partial charge on any atom is -0.345 e. The summed E-state index contributed by atoms with van der Waals surface area (Å²) in [7, 11) is 0. The average molecular weight is 403 g/mol. The summed E-state index contributed by atoms with van der Waals surface area (Å²) < 4.78 is 1.18. The number of nitro groups is 1. The number of amides is 1. The number of nitrogens with zero attached hydrogens (tertiary/aromatic N) is 4. The number of aromatic nitrogens is 1. The third kappa shape index (κ3) is 3.28. The number of fused-ring (bicyclic) bond motifs is 1. The Labute approximate surface area is 164 Å². The molecule has 2 aromatic heterocycles. The van der Waals surface area contributed by atoms with Crippen LogP contribution in [0.25, 0.3) is 10.2 Å². The highest BCUT2D eigenvalue weighted by Crippen LogP contribution is 2.32. The Bertz CT molecular complexity index is 1030. The molecule has 0 bridgehead atoms. The molecule has 1 aromatic carbocycles. The second kappa shape index (κ2) is 6.90. The molecule has 0 unspecified atom stereocenters. The number of hydrogen-bond donors (Lipinski definition) is 0. The monoisotopic (exact) mass is 402 g/mol. The van der Waals surface area contributed by atoms with E-state index in [1.165, 1.54) is 28.0 Å². The number of benzene rings is 1. The quantitative estimate of drug-likeness (QED) is 0.491. The Morgan fingerprint density at radius 2 is 1.85 bits per heavy atom. The first-order valence-corrected chi connectivity index (χ1v) is 10.2. The second-order valence-electron chi connectivity index (χ2n) is 6.52. The summed E-state index contributed by atoms with van der Waals surface area (Å²) in [5, 5.41) is 11.8. The fraction of sp³-hybridized carbons (Fsp3) is 0.333. The van der Waals surface area contributed by atoms with E-state index in [2.05, 4.69) is 30.9 Å². The van der Waals surface area contributed by atoms with E-state index in [0.29, 0.717) is 31.1 Å². The molecule has 0 spiro atoms. The zero-order chi connectivity index (χ0) is 19.1. The summed E-state index contributed by atoms with van der Waals surface area (Å²) >= 11 is 2.61. The van der Waals surface area contributed by atoms with Crippen LogP contribution >= 0.6 is 22.7 Å². The molecular formula is C18H18N4O3S2. The van der Waals surface area contributed by atoms with Crippen molar-refractivity contribution in [1.82, 2.24) is 9.88 Å². The molecule has 3 heterocycles. The first-order valence-electron chi connectivity index (χ1n) is 8.59. The number of rotatable bonds is 3. The minimum absolute atomic E-state index is 0.00266. The number of carbonyl (C=O) groups is 1. The maximum atomic E-state index is 12.6. The minimum atomic E-state index is -0.462. The van der Waals surface area contributed by atoms with Gasteiger partial charge < -0.3 is 9.80 Å². The molecule has 0 radical (unpaired) electrons. The fourth-order valence-electron chi connectivity index (χ4n) is 3.15. The number of thiazole rings is 1. The van der Waals surface area contributed by atoms with Gasteiger partial charge in [-0.25, -0.2) is 4.98 Å². The van der Waals surface area contributed by atoms with Crippen molar-refractivity contribution in [2.75, 3.05) is 31.1 Å². The van der Waals surface area contributed by atoms with Gasteiger partial charge in [-0.2, -0.15) is 0 Å². The van der Waals surface area contributed by atoms with Crippen molar-refractivity contribution < 1.29 is 9.72 Å². The van der Waals surface area contributed by atoms with E-state index in [-0.39, 0.29) is 10.9 Å². The van der Waals surface area contributed by atoms with Gasteiger partial charge in [0.05, 0.1) is 20.0 Å². The van der Waals surface area contributed by atoms with Crippen LogP contribution in [0, 0.1) is 24.0 Å². The number of carbonyl (C=O) groups excluding carboxylic acids is 1. The highest BCUT2D eigenvalue weighted by atomic mass is 32.1. The van der Waals surface area contributed by atoms with Crippen molar-refractivity contribution in [2.45, 2.75) is 13.8 Å². The van der Waals surface area contributed by atoms with Crippen molar-refractivity contribution in [3.63, 3.8) is 0 Å². The van der Waals surface area contributed by atoms with Gasteiger partial charge in [0.1, 0.15) is 0 Å². The summed E-state index contributed by atoms with van der Waals surface area (Å²) in [4.78, 5) is 32.1. The maximum Gasteiger partial charge on any atom is 0.324 e. The third-order valence-corrected chi connectivity index (χ3v) is 7.00. The zero-order valence-electron chi connectivity index (χ0n) is 15.0. The SMILES string of the molecule is Cc1ccc2sc(N3CCN(C(=O)c4ccc([N+](=O)[O-])s4)CC3)nc2c1C. The zero-order valence-corrected chi connectivity index (χ0v) is 16.6. The van der Waals surface area contributed by atoms with Gasteiger partial charge in [0.15, 0.2) is 5.13 Å². The van der Waals surface area contributed by atoms with E-state index >= 15 is 0 Å². The number of anilines is 1. The van der Waals surface area contributed by atoms with E-state index in [9.17, 15) is 14.9 Å². The summed E-state index contributed by atoms with van der Waals surface area (Å²) in [6.07, 6.45) is 0. The lowest BCUT2D eigenvalue weighted by atomic mass is 10.1. The van der Waals surface area contributed by atoms with E-state index in [4.69, 9.17) is 4.98 Å². The predicted octanol–water partition coefficient (Wildman–Crippen LogP) is 3.85. The van der Waals surface area contributed by atoms with E-state index in [0.717, 1.165) is 22.0 Å². The Hall–Kier alpha value is -2.52. The van der Waals surface area contributed by atoms with Crippen LogP contribution in [0.15, 0.2) is 24.3 Å². The number of aryl methyl sites for hydroxylation is 2. The Morgan fingerprint density at radius 1 is 1.11 bits per heavy atom. The van der Waals surface area contributed by atoms with Gasteiger partial charge in [0.2, 0.25) is 0 Å². The highest BCUT2D eigenvalue weighted by Gasteiger charge is 2.26. The smallest absolute Gasteiger partial charge is 0.324 e. The predicted molar refractivity (Wildman–Crippen MR) is 108 cm³/mol. The van der Waals surface area contributed by atoms with Crippen molar-refractivity contribution in [3.8, 4) is 0 Å².